The normalized spacial score (nSPS) is 13.7. The highest BCUT2D eigenvalue weighted by atomic mass is 15.2. The van der Waals surface area contributed by atoms with E-state index in [2.05, 4.69) is 234 Å². The first kappa shape index (κ1) is 68.6. The van der Waals surface area contributed by atoms with Gasteiger partial charge in [0.05, 0.1) is 48.5 Å². The number of hydrogen-bond acceptors (Lipinski definition) is 2. The van der Waals surface area contributed by atoms with Gasteiger partial charge in [0, 0.05) is 77.9 Å². The lowest BCUT2D eigenvalue weighted by Crippen LogP contribution is -2.61. The fourth-order valence-electron chi connectivity index (χ4n) is 19.6. The highest BCUT2D eigenvalue weighted by molar-refractivity contribution is 7.00. The van der Waals surface area contributed by atoms with Gasteiger partial charge in [0.15, 0.2) is 0 Å². The molecule has 2 aliphatic rings. The zero-order valence-electron chi connectivity index (χ0n) is 85.6. The van der Waals surface area contributed by atoms with Gasteiger partial charge in [-0.1, -0.05) is 378 Å². The number of hydrogen-bond donors (Lipinski definition) is 0. The second-order valence-corrected chi connectivity index (χ2v) is 37.8. The molecule has 0 atom stereocenters. The van der Waals surface area contributed by atoms with Crippen LogP contribution < -0.4 is 26.2 Å². The van der Waals surface area contributed by atoms with Crippen molar-refractivity contribution in [3.05, 3.63) is 453 Å². The Labute approximate surface area is 784 Å². The summed E-state index contributed by atoms with van der Waals surface area (Å²) in [5, 5.41) is 2.47. The number of aromatic nitrogens is 2. The van der Waals surface area contributed by atoms with Gasteiger partial charge in [-0.2, -0.15) is 0 Å². The molecular weight excluding hydrogens is 1580 g/mol. The van der Waals surface area contributed by atoms with Crippen molar-refractivity contribution >= 4 is 101 Å². The summed E-state index contributed by atoms with van der Waals surface area (Å²) in [5.74, 6) is 0. The molecular formula is C126H99BN4. The van der Waals surface area contributed by atoms with Crippen molar-refractivity contribution in [1.82, 2.24) is 9.13 Å². The minimum atomic E-state index is -0.832. The number of benzene rings is 19. The van der Waals surface area contributed by atoms with Gasteiger partial charge in [0.1, 0.15) is 0 Å². The molecule has 0 unspecified atom stereocenters. The quantitative estimate of drug-likeness (QED) is 0.101. The first-order valence-corrected chi connectivity index (χ1v) is 45.3. The molecule has 0 spiro atoms. The van der Waals surface area contributed by atoms with Crippen LogP contribution in [0.5, 0.6) is 0 Å². The number of para-hydroxylation sites is 2. The molecule has 2 aromatic heterocycles. The van der Waals surface area contributed by atoms with Crippen LogP contribution in [0.4, 0.5) is 34.1 Å². The zero-order chi connectivity index (χ0) is 98.1. The van der Waals surface area contributed by atoms with Crippen molar-refractivity contribution in [3.8, 4) is 123 Å². The lowest BCUT2D eigenvalue weighted by molar-refractivity contribution is 0.590. The molecule has 4 heterocycles. The molecule has 2 aliphatic heterocycles. The number of fused-ring (bicyclic) bond motifs is 10. The van der Waals surface area contributed by atoms with Crippen molar-refractivity contribution in [2.24, 2.45) is 0 Å². The SMILES string of the molecule is [2H]c1c(-c2ccccc2)cccc1-c1cccc(-c2c([2H])c(C(C)(C)C)c([2H])c(-c3ccccc3)c2N2c3cc(-n4c5ccccc5c5c([2H])c(-c6ccccc6)c([2H])c([2H])c54)ccc3B3c4ccc(-n5c6ccccc6c6c([2H])c(-c7ccccc7)c([2H])c([2H])c65)cc4N(c4c(-c5ccccc5)c([2H])c(C(C)(C)C)c([2H])c4-c4cccc(-c5cccc(-c6ccccc6)c5)c4)c4cc(C(C)(C)C)cc2c43)c1. The van der Waals surface area contributed by atoms with Crippen molar-refractivity contribution in [1.29, 1.82) is 0 Å². The van der Waals surface area contributed by atoms with E-state index in [1.807, 2.05) is 217 Å². The highest BCUT2D eigenvalue weighted by Crippen LogP contribution is 2.57. The Kier molecular flexibility index (Phi) is 16.6. The summed E-state index contributed by atoms with van der Waals surface area (Å²) in [6, 6.07) is 125. The van der Waals surface area contributed by atoms with Crippen LogP contribution in [-0.4, -0.2) is 15.8 Å². The van der Waals surface area contributed by atoms with E-state index >= 15 is 0 Å². The van der Waals surface area contributed by atoms with Crippen LogP contribution in [0.15, 0.2) is 437 Å². The summed E-state index contributed by atoms with van der Waals surface area (Å²) in [7, 11) is 0. The van der Waals surface area contributed by atoms with Gasteiger partial charge in [0.25, 0.3) is 6.71 Å². The Morgan fingerprint density at radius 1 is 0.214 bits per heavy atom. The molecule has 0 aliphatic carbocycles. The van der Waals surface area contributed by atoms with E-state index in [9.17, 15) is 15.1 Å². The molecule has 4 nitrogen and oxygen atoms in total. The number of nitrogens with zero attached hydrogens (tertiary/aromatic N) is 4. The van der Waals surface area contributed by atoms with Gasteiger partial charge in [-0.3, -0.25) is 0 Å². The second kappa shape index (κ2) is 31.7. The van der Waals surface area contributed by atoms with Crippen LogP contribution in [0.2, 0.25) is 0 Å². The van der Waals surface area contributed by atoms with Crippen molar-refractivity contribution < 1.29 is 15.1 Å². The zero-order valence-corrected chi connectivity index (χ0v) is 74.6. The molecule has 0 saturated carbocycles. The predicted octanol–water partition coefficient (Wildman–Crippen LogP) is 32.5. The first-order valence-electron chi connectivity index (χ1n) is 50.8. The smallest absolute Gasteiger partial charge is 0.252 e. The molecule has 0 fully saturated rings. The van der Waals surface area contributed by atoms with E-state index in [0.717, 1.165) is 77.2 Å². The summed E-state index contributed by atoms with van der Waals surface area (Å²) in [4.78, 5) is 4.66. The summed E-state index contributed by atoms with van der Waals surface area (Å²) < 4.78 is 123. The van der Waals surface area contributed by atoms with Crippen LogP contribution in [-0.2, 0) is 16.2 Å². The maximum absolute atomic E-state index is 11.6. The van der Waals surface area contributed by atoms with Crippen molar-refractivity contribution in [2.45, 2.75) is 78.6 Å². The van der Waals surface area contributed by atoms with E-state index in [0.29, 0.717) is 162 Å². The molecule has 0 amide bonds. The Balaban J connectivity index is 0.909. The van der Waals surface area contributed by atoms with Gasteiger partial charge < -0.3 is 18.9 Å². The summed E-state index contributed by atoms with van der Waals surface area (Å²) >= 11 is 0. The molecule has 626 valence electrons. The van der Waals surface area contributed by atoms with E-state index in [1.54, 1.807) is 0 Å². The van der Waals surface area contributed by atoms with Gasteiger partial charge in [-0.25, -0.2) is 0 Å². The molecule has 0 N–H and O–H groups in total. The standard InChI is InChI=1S/C126H99BN4/c1-124(2,3)98-74-105(86-44-24-14-25-45-86)122(107(76-98)96-54-34-52-92(70-96)90-50-32-48-88(68-90)82-36-16-10-17-37-82)130-117-80-101(128-113-58-30-28-56-103(113)109-72-94(60-66-115(109)128)84-40-20-12-21-41-84)62-64-111(117)127-112-65-63-102(129-114-59-31-29-57-104(114)110-73-95(61-67-116(110)129)85-42-22-13-23-43-85)81-118(112)131(120-79-100(126(7,8)9)78-119(130)121(120)127)123-106(87-46-26-15-27-47-87)75-99(125(4,5)6)77-108(123)97-55-35-53-93(71-97)91-51-33-49-89(69-91)83-38-18-11-19-39-83/h10-81H,1-9H3/i60D,61D,66D,67D,68D,72D,73D,74D,75D,76D,77D. The molecule has 5 heteroatoms. The van der Waals surface area contributed by atoms with Gasteiger partial charge >= 0.3 is 0 Å². The van der Waals surface area contributed by atoms with Gasteiger partial charge in [0.2, 0.25) is 0 Å². The maximum atomic E-state index is 11.6. The number of anilines is 6. The van der Waals surface area contributed by atoms with E-state index in [1.165, 1.54) is 0 Å². The van der Waals surface area contributed by atoms with Crippen LogP contribution in [0.3, 0.4) is 0 Å². The third kappa shape index (κ3) is 14.1. The number of rotatable bonds is 14. The largest absolute Gasteiger partial charge is 0.310 e. The summed E-state index contributed by atoms with van der Waals surface area (Å²) in [6.07, 6.45) is 0. The monoisotopic (exact) mass is 1690 g/mol. The average molecular weight is 1690 g/mol. The molecule has 0 radical (unpaired) electrons. The Hall–Kier alpha value is -15.6. The second-order valence-electron chi connectivity index (χ2n) is 37.8. The molecule has 23 rings (SSSR count). The summed E-state index contributed by atoms with van der Waals surface area (Å²) in [6.45, 7) is 18.4. The van der Waals surface area contributed by atoms with E-state index < -0.39 is 23.0 Å². The molecule has 0 saturated heterocycles. The van der Waals surface area contributed by atoms with Crippen LogP contribution in [0.25, 0.3) is 166 Å². The van der Waals surface area contributed by atoms with E-state index in [-0.39, 0.29) is 60.4 Å². The van der Waals surface area contributed by atoms with E-state index in [4.69, 9.17) is 0 Å². The Morgan fingerprint density at radius 3 is 0.901 bits per heavy atom. The highest BCUT2D eigenvalue weighted by Gasteiger charge is 2.47. The minimum absolute atomic E-state index is 0.0623. The maximum Gasteiger partial charge on any atom is 0.252 e. The Bertz CT molecular complexity index is 8550. The Morgan fingerprint density at radius 2 is 0.511 bits per heavy atom. The van der Waals surface area contributed by atoms with Crippen LogP contribution in [0, 0.1) is 0 Å². The molecule has 0 bridgehead atoms. The fraction of sp³-hybridized carbons (Fsp3) is 0.0952. The first-order chi connectivity index (χ1) is 68.5. The fourth-order valence-corrected chi connectivity index (χ4v) is 19.6. The average Bonchev–Trinajstić information content (AvgIpc) is 1.12. The molecule has 21 aromatic rings. The van der Waals surface area contributed by atoms with Crippen LogP contribution >= 0.6 is 0 Å². The van der Waals surface area contributed by atoms with Gasteiger partial charge in [-0.05, 0) is 259 Å². The lowest BCUT2D eigenvalue weighted by Gasteiger charge is -2.47. The predicted molar refractivity (Wildman–Crippen MR) is 560 cm³/mol. The van der Waals surface area contributed by atoms with Crippen LogP contribution in [0.1, 0.15) is 94.1 Å². The molecule has 19 aromatic carbocycles. The van der Waals surface area contributed by atoms with Crippen molar-refractivity contribution in [3.63, 3.8) is 0 Å². The minimum Gasteiger partial charge on any atom is -0.310 e. The van der Waals surface area contributed by atoms with Gasteiger partial charge in [-0.15, -0.1) is 0 Å². The van der Waals surface area contributed by atoms with Crippen molar-refractivity contribution in [2.75, 3.05) is 9.80 Å². The lowest BCUT2D eigenvalue weighted by atomic mass is 9.33. The topological polar surface area (TPSA) is 16.3 Å². The third-order valence-electron chi connectivity index (χ3n) is 26.2. The summed E-state index contributed by atoms with van der Waals surface area (Å²) in [5.41, 5.74) is 23.0. The molecule has 131 heavy (non-hydrogen) atoms. The third-order valence-corrected chi connectivity index (χ3v) is 26.2.